The zero-order valence-electron chi connectivity index (χ0n) is 20.3. The maximum absolute atomic E-state index is 11.4. The number of phenolic OH excluding ortho intramolecular Hbond substituents is 1. The van der Waals surface area contributed by atoms with Crippen molar-refractivity contribution in [1.29, 1.82) is 0 Å². The molecule has 5 N–H and O–H groups in total. The van der Waals surface area contributed by atoms with Gasteiger partial charge in [-0.1, -0.05) is 30.3 Å². The van der Waals surface area contributed by atoms with Gasteiger partial charge in [0.15, 0.2) is 0 Å². The van der Waals surface area contributed by atoms with Gasteiger partial charge in [0, 0.05) is 13.1 Å². The number of carboxylic acid groups (broad SMARTS) is 1. The van der Waals surface area contributed by atoms with Crippen LogP contribution in [-0.4, -0.2) is 55.7 Å². The van der Waals surface area contributed by atoms with Crippen molar-refractivity contribution in [2.75, 3.05) is 30.7 Å². The van der Waals surface area contributed by atoms with Gasteiger partial charge in [0.05, 0.1) is 23.6 Å². The Bertz CT molecular complexity index is 1320. The molecule has 1 atom stereocenters. The highest BCUT2D eigenvalue weighted by Gasteiger charge is 2.14. The molecule has 0 unspecified atom stereocenters. The Morgan fingerprint density at radius 2 is 1.64 bits per heavy atom. The summed E-state index contributed by atoms with van der Waals surface area (Å²) in [6.07, 6.45) is 0.0646. The van der Waals surface area contributed by atoms with E-state index in [9.17, 15) is 28.5 Å². The molecule has 0 saturated carbocycles. The first-order valence-electron chi connectivity index (χ1n) is 11.2. The van der Waals surface area contributed by atoms with E-state index in [4.69, 9.17) is 4.74 Å². The monoisotopic (exact) mass is 514 g/mol. The lowest BCUT2D eigenvalue weighted by atomic mass is 9.95. The Kier molecular flexibility index (Phi) is 8.57. The first-order valence-corrected chi connectivity index (χ1v) is 13.1. The number of aryl methyl sites for hydroxylation is 2. The van der Waals surface area contributed by atoms with Gasteiger partial charge in [-0.15, -0.1) is 0 Å². The van der Waals surface area contributed by atoms with E-state index in [0.29, 0.717) is 41.2 Å². The number of sulfonamides is 1. The average Bonchev–Trinajstić information content (AvgIpc) is 2.79. The van der Waals surface area contributed by atoms with Gasteiger partial charge in [0.1, 0.15) is 18.1 Å². The van der Waals surface area contributed by atoms with Crippen molar-refractivity contribution >= 4 is 21.7 Å². The molecule has 0 radical (unpaired) electrons. The Balaban J connectivity index is 1.50. The number of carbonyl (C=O) groups is 1. The largest absolute Gasteiger partial charge is 0.506 e. The highest BCUT2D eigenvalue weighted by Crippen LogP contribution is 2.28. The molecule has 3 aromatic rings. The summed E-state index contributed by atoms with van der Waals surface area (Å²) in [4.78, 5) is 11.4. The van der Waals surface area contributed by atoms with E-state index < -0.39 is 22.1 Å². The molecule has 3 aromatic carbocycles. The molecule has 0 amide bonds. The van der Waals surface area contributed by atoms with Gasteiger partial charge in [0.25, 0.3) is 0 Å². The van der Waals surface area contributed by atoms with Gasteiger partial charge in [-0.3, -0.25) is 4.72 Å². The maximum atomic E-state index is 11.4. The van der Waals surface area contributed by atoms with Crippen LogP contribution in [0.2, 0.25) is 0 Å². The van der Waals surface area contributed by atoms with Crippen molar-refractivity contribution < 1.29 is 33.3 Å². The number of ether oxygens (including phenoxy) is 1. The van der Waals surface area contributed by atoms with E-state index in [2.05, 4.69) is 10.0 Å². The second-order valence-corrected chi connectivity index (χ2v) is 10.3. The quantitative estimate of drug-likeness (QED) is 0.193. The SMILES string of the molecule is Cc1cc(-c2ccc(OCCNC[C@H](O)c3ccc(O)c(NS(C)(=O)=O)c3)cc2)cc(C)c1C(=O)O. The molecule has 10 heteroatoms. The Morgan fingerprint density at radius 3 is 2.22 bits per heavy atom. The second-order valence-electron chi connectivity index (χ2n) is 8.53. The van der Waals surface area contributed by atoms with Crippen molar-refractivity contribution in [3.8, 4) is 22.6 Å². The number of aromatic hydroxyl groups is 1. The van der Waals surface area contributed by atoms with Crippen LogP contribution < -0.4 is 14.8 Å². The fourth-order valence-corrected chi connectivity index (χ4v) is 4.41. The lowest BCUT2D eigenvalue weighted by Gasteiger charge is -2.15. The number of carboxylic acids is 1. The molecule has 9 nitrogen and oxygen atoms in total. The Morgan fingerprint density at radius 1 is 1.00 bits per heavy atom. The predicted octanol–water partition coefficient (Wildman–Crippen LogP) is 3.45. The van der Waals surface area contributed by atoms with Gasteiger partial charge in [-0.05, 0) is 65.9 Å². The number of benzene rings is 3. The minimum absolute atomic E-state index is 0.00369. The van der Waals surface area contributed by atoms with Gasteiger partial charge >= 0.3 is 5.97 Å². The lowest BCUT2D eigenvalue weighted by molar-refractivity contribution is 0.0695. The number of aliphatic hydroxyl groups is 1. The summed E-state index contributed by atoms with van der Waals surface area (Å²) in [5.41, 5.74) is 4.08. The van der Waals surface area contributed by atoms with Crippen LogP contribution in [0, 0.1) is 13.8 Å². The molecule has 0 fully saturated rings. The smallest absolute Gasteiger partial charge is 0.336 e. The van der Waals surface area contributed by atoms with E-state index in [-0.39, 0.29) is 18.0 Å². The molecular weight excluding hydrogens is 484 g/mol. The molecular formula is C26H30N2O7S. The molecule has 0 spiro atoms. The van der Waals surface area contributed by atoms with Gasteiger partial charge in [0.2, 0.25) is 10.0 Å². The second kappa shape index (κ2) is 11.4. The van der Waals surface area contributed by atoms with Crippen LogP contribution in [0.3, 0.4) is 0 Å². The van der Waals surface area contributed by atoms with Crippen LogP contribution in [0.4, 0.5) is 5.69 Å². The molecule has 0 aliphatic heterocycles. The van der Waals surface area contributed by atoms with Crippen LogP contribution >= 0.6 is 0 Å². The van der Waals surface area contributed by atoms with Crippen molar-refractivity contribution in [3.05, 3.63) is 76.9 Å². The summed E-state index contributed by atoms with van der Waals surface area (Å²) in [6.45, 7) is 4.59. The van der Waals surface area contributed by atoms with E-state index in [0.717, 1.165) is 17.4 Å². The molecule has 0 aliphatic carbocycles. The van der Waals surface area contributed by atoms with Gasteiger partial charge in [-0.25, -0.2) is 13.2 Å². The summed E-state index contributed by atoms with van der Waals surface area (Å²) < 4.78 is 30.8. The molecule has 36 heavy (non-hydrogen) atoms. The van der Waals surface area contributed by atoms with E-state index in [1.165, 1.54) is 18.2 Å². The number of hydrogen-bond donors (Lipinski definition) is 5. The van der Waals surface area contributed by atoms with Gasteiger partial charge < -0.3 is 25.4 Å². The van der Waals surface area contributed by atoms with E-state index >= 15 is 0 Å². The van der Waals surface area contributed by atoms with Crippen LogP contribution in [0.5, 0.6) is 11.5 Å². The highest BCUT2D eigenvalue weighted by molar-refractivity contribution is 7.92. The molecule has 0 bridgehead atoms. The van der Waals surface area contributed by atoms with Crippen LogP contribution in [0.1, 0.15) is 33.2 Å². The third kappa shape index (κ3) is 7.20. The predicted molar refractivity (Wildman–Crippen MR) is 138 cm³/mol. The van der Waals surface area contributed by atoms with Crippen molar-refractivity contribution in [2.45, 2.75) is 20.0 Å². The average molecular weight is 515 g/mol. The van der Waals surface area contributed by atoms with Crippen molar-refractivity contribution in [1.82, 2.24) is 5.32 Å². The fourth-order valence-electron chi connectivity index (χ4n) is 3.85. The summed E-state index contributed by atoms with van der Waals surface area (Å²) in [6, 6.07) is 15.4. The van der Waals surface area contributed by atoms with Crippen LogP contribution in [-0.2, 0) is 10.0 Å². The van der Waals surface area contributed by atoms with Crippen molar-refractivity contribution in [2.24, 2.45) is 0 Å². The number of nitrogens with one attached hydrogen (secondary N) is 2. The first kappa shape index (κ1) is 27.0. The topological polar surface area (TPSA) is 145 Å². The van der Waals surface area contributed by atoms with E-state index in [1.807, 2.05) is 36.4 Å². The summed E-state index contributed by atoms with van der Waals surface area (Å²) >= 11 is 0. The fraction of sp³-hybridized carbons (Fsp3) is 0.269. The highest BCUT2D eigenvalue weighted by atomic mass is 32.2. The molecule has 3 rings (SSSR count). The minimum Gasteiger partial charge on any atom is -0.506 e. The van der Waals surface area contributed by atoms with Crippen molar-refractivity contribution in [3.63, 3.8) is 0 Å². The van der Waals surface area contributed by atoms with E-state index in [1.54, 1.807) is 13.8 Å². The third-order valence-electron chi connectivity index (χ3n) is 5.52. The first-order chi connectivity index (χ1) is 16.9. The zero-order chi connectivity index (χ0) is 26.5. The summed E-state index contributed by atoms with van der Waals surface area (Å²) in [7, 11) is -3.57. The Hall–Kier alpha value is -3.60. The molecule has 0 saturated heterocycles. The Labute approximate surface area is 210 Å². The normalized spacial score (nSPS) is 12.2. The van der Waals surface area contributed by atoms with Crippen LogP contribution in [0.25, 0.3) is 11.1 Å². The number of aliphatic hydroxyl groups excluding tert-OH is 1. The zero-order valence-corrected chi connectivity index (χ0v) is 21.1. The third-order valence-corrected chi connectivity index (χ3v) is 6.11. The van der Waals surface area contributed by atoms with Crippen LogP contribution in [0.15, 0.2) is 54.6 Å². The molecule has 0 heterocycles. The standard InChI is InChI=1S/C26H30N2O7S/c1-16-12-20(13-17(2)25(16)26(31)32)18-4-7-21(8-5-18)35-11-10-27-15-24(30)19-6-9-23(29)22(14-19)28-36(3,33)34/h4-9,12-14,24,27-30H,10-11,15H2,1-3H3,(H,31,32)/t24-/m0/s1. The maximum Gasteiger partial charge on any atom is 0.336 e. The van der Waals surface area contributed by atoms with Gasteiger partial charge in [-0.2, -0.15) is 0 Å². The minimum atomic E-state index is -3.57. The number of hydrogen-bond acceptors (Lipinski definition) is 7. The molecule has 0 aliphatic rings. The molecule has 192 valence electrons. The summed E-state index contributed by atoms with van der Waals surface area (Å²) in [5, 5.41) is 32.6. The number of anilines is 1. The molecule has 0 aromatic heterocycles. The summed E-state index contributed by atoms with van der Waals surface area (Å²) in [5.74, 6) is -0.490. The lowest BCUT2D eigenvalue weighted by Crippen LogP contribution is -2.26. The number of rotatable bonds is 11. The number of aromatic carboxylic acids is 1. The number of phenols is 1.